The fourth-order valence-corrected chi connectivity index (χ4v) is 4.08. The maximum atomic E-state index is 6.05. The van der Waals surface area contributed by atoms with Crippen LogP contribution in [0.15, 0.2) is 40.8 Å². The van der Waals surface area contributed by atoms with Crippen LogP contribution in [0.2, 0.25) is 0 Å². The van der Waals surface area contributed by atoms with Gasteiger partial charge in [-0.3, -0.25) is 0 Å². The zero-order valence-corrected chi connectivity index (χ0v) is 17.1. The van der Waals surface area contributed by atoms with Crippen molar-refractivity contribution in [3.8, 4) is 11.5 Å². The first-order valence-corrected chi connectivity index (χ1v) is 11.0. The summed E-state index contributed by atoms with van der Waals surface area (Å²) in [7, 11) is 0. The van der Waals surface area contributed by atoms with Crippen LogP contribution in [0, 0.1) is 0 Å². The van der Waals surface area contributed by atoms with Gasteiger partial charge in [0.05, 0.1) is 13.2 Å². The van der Waals surface area contributed by atoms with E-state index in [1.807, 2.05) is 24.3 Å². The Labute approximate surface area is 172 Å². The largest absolute Gasteiger partial charge is 0.494 e. The van der Waals surface area contributed by atoms with Gasteiger partial charge in [0.2, 0.25) is 0 Å². The monoisotopic (exact) mass is 394 g/mol. The summed E-state index contributed by atoms with van der Waals surface area (Å²) in [6, 6.07) is 12.3. The number of hydrogen-bond acceptors (Lipinski definition) is 5. The number of benzene rings is 2. The molecule has 3 aromatic rings. The third-order valence-corrected chi connectivity index (χ3v) is 6.09. The molecule has 0 aliphatic carbocycles. The Morgan fingerprint density at radius 3 is 1.93 bits per heavy atom. The number of hydrogen-bond donors (Lipinski definition) is 0. The van der Waals surface area contributed by atoms with Crippen LogP contribution < -0.4 is 9.47 Å². The predicted octanol–water partition coefficient (Wildman–Crippen LogP) is 4.54. The highest BCUT2D eigenvalue weighted by atomic mass is 16.5. The Balaban J connectivity index is 1.19. The molecule has 2 saturated heterocycles. The summed E-state index contributed by atoms with van der Waals surface area (Å²) in [4.78, 5) is 4.94. The Bertz CT molecular complexity index is 959. The van der Waals surface area contributed by atoms with E-state index in [4.69, 9.17) is 13.9 Å². The van der Waals surface area contributed by atoms with Gasteiger partial charge in [-0.2, -0.15) is 0 Å². The van der Waals surface area contributed by atoms with Gasteiger partial charge in [0.1, 0.15) is 22.7 Å². The Morgan fingerprint density at radius 2 is 1.31 bits per heavy atom. The molecule has 2 aliphatic heterocycles. The van der Waals surface area contributed by atoms with Crippen molar-refractivity contribution < 1.29 is 13.9 Å². The fraction of sp³-hybridized carbons (Fsp3) is 0.500. The van der Waals surface area contributed by atoms with E-state index in [-0.39, 0.29) is 0 Å². The van der Waals surface area contributed by atoms with E-state index < -0.39 is 0 Å². The highest BCUT2D eigenvalue weighted by molar-refractivity contribution is 6.05. The van der Waals surface area contributed by atoms with E-state index >= 15 is 0 Å². The zero-order valence-electron chi connectivity index (χ0n) is 17.1. The van der Waals surface area contributed by atoms with Gasteiger partial charge in [0.25, 0.3) is 0 Å². The van der Waals surface area contributed by atoms with Crippen LogP contribution in [-0.4, -0.2) is 62.3 Å². The van der Waals surface area contributed by atoms with Crippen molar-refractivity contribution in [2.45, 2.75) is 25.7 Å². The minimum Gasteiger partial charge on any atom is -0.494 e. The van der Waals surface area contributed by atoms with Crippen molar-refractivity contribution in [2.24, 2.45) is 0 Å². The van der Waals surface area contributed by atoms with Gasteiger partial charge >= 0.3 is 0 Å². The molecule has 5 nitrogen and oxygen atoms in total. The van der Waals surface area contributed by atoms with Gasteiger partial charge < -0.3 is 23.7 Å². The summed E-state index contributed by atoms with van der Waals surface area (Å²) < 4.78 is 18.0. The second kappa shape index (κ2) is 8.64. The third-order valence-electron chi connectivity index (χ3n) is 6.09. The molecule has 0 unspecified atom stereocenters. The van der Waals surface area contributed by atoms with Gasteiger partial charge in [-0.15, -0.1) is 0 Å². The van der Waals surface area contributed by atoms with Crippen LogP contribution in [0.25, 0.3) is 21.9 Å². The summed E-state index contributed by atoms with van der Waals surface area (Å²) in [5, 5.41) is 2.21. The molecule has 0 spiro atoms. The maximum absolute atomic E-state index is 6.05. The zero-order chi connectivity index (χ0) is 19.5. The minimum atomic E-state index is 0.748. The molecule has 29 heavy (non-hydrogen) atoms. The molecule has 5 heteroatoms. The normalized spacial score (nSPS) is 17.4. The SMILES string of the molecule is c1cc2c(cc1OCCCN1CCC1)oc1ccc(OCCCN3CCC3)cc12. The van der Waals surface area contributed by atoms with Crippen LogP contribution in [0.5, 0.6) is 11.5 Å². The Hall–Kier alpha value is -2.24. The van der Waals surface area contributed by atoms with Crippen molar-refractivity contribution in [3.05, 3.63) is 36.4 Å². The number of rotatable bonds is 10. The maximum Gasteiger partial charge on any atom is 0.139 e. The smallest absolute Gasteiger partial charge is 0.139 e. The number of ether oxygens (including phenoxy) is 2. The summed E-state index contributed by atoms with van der Waals surface area (Å²) in [6.45, 7) is 8.76. The first kappa shape index (κ1) is 18.8. The summed E-state index contributed by atoms with van der Waals surface area (Å²) >= 11 is 0. The predicted molar refractivity (Wildman–Crippen MR) is 116 cm³/mol. The summed E-state index contributed by atoms with van der Waals surface area (Å²) in [6.07, 6.45) is 4.82. The molecule has 5 rings (SSSR count). The molecule has 0 amide bonds. The van der Waals surface area contributed by atoms with Crippen molar-refractivity contribution in [1.29, 1.82) is 0 Å². The molecule has 2 aromatic carbocycles. The van der Waals surface area contributed by atoms with Crippen molar-refractivity contribution in [2.75, 3.05) is 52.5 Å². The van der Waals surface area contributed by atoms with Crippen LogP contribution in [0.1, 0.15) is 25.7 Å². The van der Waals surface area contributed by atoms with E-state index in [1.54, 1.807) is 0 Å². The number of fused-ring (bicyclic) bond motifs is 3. The molecular formula is C24H30N2O3. The van der Waals surface area contributed by atoms with E-state index in [0.29, 0.717) is 0 Å². The summed E-state index contributed by atoms with van der Waals surface area (Å²) in [5.74, 6) is 1.79. The number of nitrogens with zero attached hydrogens (tertiary/aromatic N) is 2. The molecule has 1 aromatic heterocycles. The molecule has 0 atom stereocenters. The van der Waals surface area contributed by atoms with Crippen LogP contribution in [0.4, 0.5) is 0 Å². The number of likely N-dealkylation sites (tertiary alicyclic amines) is 2. The lowest BCUT2D eigenvalue weighted by Gasteiger charge is -2.30. The lowest BCUT2D eigenvalue weighted by atomic mass is 10.1. The molecule has 2 fully saturated rings. The van der Waals surface area contributed by atoms with E-state index in [9.17, 15) is 0 Å². The first-order valence-electron chi connectivity index (χ1n) is 11.0. The number of furan rings is 1. The molecule has 0 radical (unpaired) electrons. The van der Waals surface area contributed by atoms with Gasteiger partial charge in [-0.05, 0) is 82.2 Å². The van der Waals surface area contributed by atoms with Crippen molar-refractivity contribution in [1.82, 2.24) is 9.80 Å². The first-order chi connectivity index (χ1) is 14.3. The van der Waals surface area contributed by atoms with Gasteiger partial charge in [0.15, 0.2) is 0 Å². The van der Waals surface area contributed by atoms with Gasteiger partial charge in [-0.25, -0.2) is 0 Å². The Morgan fingerprint density at radius 1 is 0.690 bits per heavy atom. The lowest BCUT2D eigenvalue weighted by molar-refractivity contribution is 0.165. The van der Waals surface area contributed by atoms with Crippen molar-refractivity contribution >= 4 is 21.9 Å². The average molecular weight is 395 g/mol. The van der Waals surface area contributed by atoms with Crippen LogP contribution in [0.3, 0.4) is 0 Å². The highest BCUT2D eigenvalue weighted by Crippen LogP contribution is 2.33. The quantitative estimate of drug-likeness (QED) is 0.472. The van der Waals surface area contributed by atoms with Crippen LogP contribution in [-0.2, 0) is 0 Å². The Kier molecular flexibility index (Phi) is 5.59. The summed E-state index contributed by atoms with van der Waals surface area (Å²) in [5.41, 5.74) is 1.76. The topological polar surface area (TPSA) is 38.1 Å². The average Bonchev–Trinajstić information content (AvgIpc) is 3.02. The van der Waals surface area contributed by atoms with Gasteiger partial charge in [-0.1, -0.05) is 0 Å². The highest BCUT2D eigenvalue weighted by Gasteiger charge is 2.14. The third kappa shape index (κ3) is 4.36. The van der Waals surface area contributed by atoms with Crippen LogP contribution >= 0.6 is 0 Å². The van der Waals surface area contributed by atoms with Gasteiger partial charge in [0, 0.05) is 29.9 Å². The minimum absolute atomic E-state index is 0.748. The molecule has 2 aliphatic rings. The fourth-order valence-electron chi connectivity index (χ4n) is 4.08. The molecule has 3 heterocycles. The second-order valence-electron chi connectivity index (χ2n) is 8.21. The molecular weight excluding hydrogens is 364 g/mol. The van der Waals surface area contributed by atoms with E-state index in [0.717, 1.165) is 72.6 Å². The van der Waals surface area contributed by atoms with Crippen molar-refractivity contribution in [3.63, 3.8) is 0 Å². The molecule has 0 saturated carbocycles. The molecule has 154 valence electrons. The molecule has 0 N–H and O–H groups in total. The van der Waals surface area contributed by atoms with E-state index in [1.165, 1.54) is 39.0 Å². The van der Waals surface area contributed by atoms with E-state index in [2.05, 4.69) is 21.9 Å². The standard InChI is InChI=1S/C24H30N2O3/c1-9-25(10-1)13-3-15-27-19-6-8-23-22(17-19)21-7-5-20(18-24(21)29-23)28-16-4-14-26-11-2-12-26/h5-8,17-18H,1-4,9-16H2. The molecule has 0 bridgehead atoms. The second-order valence-corrected chi connectivity index (χ2v) is 8.21. The lowest BCUT2D eigenvalue weighted by Crippen LogP contribution is -2.38.